The number of ether oxygens (including phenoxy) is 1. The third-order valence-electron chi connectivity index (χ3n) is 4.39. The molecule has 2 aromatic carbocycles. The molecule has 0 fully saturated rings. The number of rotatable bonds is 7. The summed E-state index contributed by atoms with van der Waals surface area (Å²) in [6, 6.07) is 15.8. The Bertz CT molecular complexity index is 842. The average molecular weight is 349 g/mol. The number of methoxy groups -OCH3 is 1. The van der Waals surface area contributed by atoms with Crippen LogP contribution >= 0.6 is 0 Å². The standard InChI is InChI=1S/C21H23N3O2/c1-16(17-7-10-19(11-8-17)24-14-13-22-15-24)23-21(25)12-9-18-5-3-4-6-20(18)26-2/h3-8,10-11,13-16H,9,12H2,1-2H3,(H,23,25). The second kappa shape index (κ2) is 8.34. The molecule has 0 bridgehead atoms. The molecule has 0 aliphatic carbocycles. The molecule has 0 radical (unpaired) electrons. The van der Waals surface area contributed by atoms with Crippen LogP contribution in [0.1, 0.15) is 30.5 Å². The van der Waals surface area contributed by atoms with Gasteiger partial charge in [-0.15, -0.1) is 0 Å². The number of carbonyl (C=O) groups excluding carboxylic acids is 1. The molecular formula is C21H23N3O2. The predicted molar refractivity (Wildman–Crippen MR) is 101 cm³/mol. The maximum Gasteiger partial charge on any atom is 0.220 e. The summed E-state index contributed by atoms with van der Waals surface area (Å²) in [6.07, 6.45) is 6.49. The van der Waals surface area contributed by atoms with E-state index in [9.17, 15) is 4.79 Å². The topological polar surface area (TPSA) is 56.1 Å². The quantitative estimate of drug-likeness (QED) is 0.708. The highest BCUT2D eigenvalue weighted by Gasteiger charge is 2.11. The van der Waals surface area contributed by atoms with E-state index in [2.05, 4.69) is 10.3 Å². The zero-order valence-corrected chi connectivity index (χ0v) is 15.1. The average Bonchev–Trinajstić information content (AvgIpc) is 3.21. The number of aryl methyl sites for hydroxylation is 1. The zero-order valence-electron chi connectivity index (χ0n) is 15.1. The van der Waals surface area contributed by atoms with Crippen LogP contribution in [0, 0.1) is 0 Å². The first kappa shape index (κ1) is 17.7. The van der Waals surface area contributed by atoms with Crippen molar-refractivity contribution < 1.29 is 9.53 Å². The van der Waals surface area contributed by atoms with E-state index in [0.29, 0.717) is 12.8 Å². The van der Waals surface area contributed by atoms with Gasteiger partial charge in [0.05, 0.1) is 19.5 Å². The fourth-order valence-electron chi connectivity index (χ4n) is 2.90. The Morgan fingerprint density at radius 1 is 1.19 bits per heavy atom. The smallest absolute Gasteiger partial charge is 0.220 e. The summed E-state index contributed by atoms with van der Waals surface area (Å²) in [5.74, 6) is 0.852. The van der Waals surface area contributed by atoms with Crippen molar-refractivity contribution in [2.24, 2.45) is 0 Å². The van der Waals surface area contributed by atoms with Crippen molar-refractivity contribution in [3.63, 3.8) is 0 Å². The number of amides is 1. The lowest BCUT2D eigenvalue weighted by Gasteiger charge is -2.15. The van der Waals surface area contributed by atoms with Gasteiger partial charge in [0, 0.05) is 24.5 Å². The van der Waals surface area contributed by atoms with E-state index in [1.807, 2.05) is 66.2 Å². The van der Waals surface area contributed by atoms with E-state index in [1.54, 1.807) is 19.6 Å². The van der Waals surface area contributed by atoms with Crippen molar-refractivity contribution in [1.82, 2.24) is 14.9 Å². The van der Waals surface area contributed by atoms with E-state index in [4.69, 9.17) is 4.74 Å². The summed E-state index contributed by atoms with van der Waals surface area (Å²) in [7, 11) is 1.65. The number of para-hydroxylation sites is 1. The van der Waals surface area contributed by atoms with Crippen LogP contribution in [0.25, 0.3) is 5.69 Å². The van der Waals surface area contributed by atoms with Crippen LogP contribution in [0.2, 0.25) is 0 Å². The highest BCUT2D eigenvalue weighted by atomic mass is 16.5. The molecule has 0 spiro atoms. The maximum absolute atomic E-state index is 12.3. The molecule has 1 aromatic heterocycles. The Kier molecular flexibility index (Phi) is 5.69. The number of nitrogens with one attached hydrogen (secondary N) is 1. The first-order chi connectivity index (χ1) is 12.7. The van der Waals surface area contributed by atoms with E-state index >= 15 is 0 Å². The van der Waals surface area contributed by atoms with E-state index in [0.717, 1.165) is 22.6 Å². The molecule has 1 N–H and O–H groups in total. The SMILES string of the molecule is COc1ccccc1CCC(=O)NC(C)c1ccc(-n2ccnc2)cc1. The van der Waals surface area contributed by atoms with Crippen molar-refractivity contribution >= 4 is 5.91 Å². The van der Waals surface area contributed by atoms with Crippen LogP contribution in [-0.4, -0.2) is 22.6 Å². The Hall–Kier alpha value is -3.08. The van der Waals surface area contributed by atoms with Gasteiger partial charge in [0.15, 0.2) is 0 Å². The molecule has 0 saturated carbocycles. The largest absolute Gasteiger partial charge is 0.496 e. The summed E-state index contributed by atoms with van der Waals surface area (Å²) in [5.41, 5.74) is 3.16. The molecule has 26 heavy (non-hydrogen) atoms. The predicted octanol–water partition coefficient (Wildman–Crippen LogP) is 3.69. The number of aromatic nitrogens is 2. The van der Waals surface area contributed by atoms with Gasteiger partial charge in [-0.2, -0.15) is 0 Å². The number of benzene rings is 2. The van der Waals surface area contributed by atoms with E-state index < -0.39 is 0 Å². The summed E-state index contributed by atoms with van der Waals surface area (Å²) in [5, 5.41) is 3.06. The van der Waals surface area contributed by atoms with Crippen LogP contribution in [0.3, 0.4) is 0 Å². The van der Waals surface area contributed by atoms with Gasteiger partial charge in [0.1, 0.15) is 5.75 Å². The number of nitrogens with zero attached hydrogens (tertiary/aromatic N) is 2. The summed E-state index contributed by atoms with van der Waals surface area (Å²) >= 11 is 0. The van der Waals surface area contributed by atoms with Gasteiger partial charge in [-0.3, -0.25) is 4.79 Å². The van der Waals surface area contributed by atoms with Crippen molar-refractivity contribution in [3.05, 3.63) is 78.4 Å². The third kappa shape index (κ3) is 4.30. The van der Waals surface area contributed by atoms with Crippen LogP contribution in [0.5, 0.6) is 5.75 Å². The molecule has 1 atom stereocenters. The second-order valence-corrected chi connectivity index (χ2v) is 6.16. The summed E-state index contributed by atoms with van der Waals surface area (Å²) in [4.78, 5) is 16.3. The lowest BCUT2D eigenvalue weighted by atomic mass is 10.1. The Morgan fingerprint density at radius 2 is 1.96 bits per heavy atom. The number of hydrogen-bond acceptors (Lipinski definition) is 3. The minimum Gasteiger partial charge on any atom is -0.496 e. The molecule has 3 aromatic rings. The lowest BCUT2D eigenvalue weighted by Crippen LogP contribution is -2.26. The van der Waals surface area contributed by atoms with Crippen LogP contribution in [0.15, 0.2) is 67.3 Å². The van der Waals surface area contributed by atoms with Crippen LogP contribution in [-0.2, 0) is 11.2 Å². The van der Waals surface area contributed by atoms with Crippen molar-refractivity contribution in [2.45, 2.75) is 25.8 Å². The first-order valence-corrected chi connectivity index (χ1v) is 8.67. The van der Waals surface area contributed by atoms with Crippen molar-refractivity contribution in [1.29, 1.82) is 0 Å². The Morgan fingerprint density at radius 3 is 2.65 bits per heavy atom. The molecule has 1 unspecified atom stereocenters. The monoisotopic (exact) mass is 349 g/mol. The molecule has 0 saturated heterocycles. The fourth-order valence-corrected chi connectivity index (χ4v) is 2.90. The molecule has 0 aliphatic rings. The van der Waals surface area contributed by atoms with Gasteiger partial charge in [-0.1, -0.05) is 30.3 Å². The number of hydrogen-bond donors (Lipinski definition) is 1. The molecule has 0 aliphatic heterocycles. The molecule has 3 rings (SSSR count). The number of carbonyl (C=O) groups is 1. The fraction of sp³-hybridized carbons (Fsp3) is 0.238. The van der Waals surface area contributed by atoms with E-state index in [-0.39, 0.29) is 11.9 Å². The highest BCUT2D eigenvalue weighted by molar-refractivity contribution is 5.76. The molecule has 5 nitrogen and oxygen atoms in total. The van der Waals surface area contributed by atoms with Gasteiger partial charge in [-0.25, -0.2) is 4.98 Å². The minimum atomic E-state index is -0.0444. The maximum atomic E-state index is 12.3. The molecule has 134 valence electrons. The first-order valence-electron chi connectivity index (χ1n) is 8.67. The summed E-state index contributed by atoms with van der Waals surface area (Å²) < 4.78 is 7.28. The zero-order chi connectivity index (χ0) is 18.4. The van der Waals surface area contributed by atoms with Crippen molar-refractivity contribution in [2.75, 3.05) is 7.11 Å². The van der Waals surface area contributed by atoms with Gasteiger partial charge in [0.2, 0.25) is 5.91 Å². The van der Waals surface area contributed by atoms with E-state index in [1.165, 1.54) is 0 Å². The molecular weight excluding hydrogens is 326 g/mol. The van der Waals surface area contributed by atoms with Gasteiger partial charge in [-0.05, 0) is 42.7 Å². The minimum absolute atomic E-state index is 0.0297. The molecule has 5 heteroatoms. The van der Waals surface area contributed by atoms with Gasteiger partial charge in [0.25, 0.3) is 0 Å². The lowest BCUT2D eigenvalue weighted by molar-refractivity contribution is -0.121. The van der Waals surface area contributed by atoms with Gasteiger partial charge < -0.3 is 14.6 Å². The summed E-state index contributed by atoms with van der Waals surface area (Å²) in [6.45, 7) is 1.99. The second-order valence-electron chi connectivity index (χ2n) is 6.16. The Balaban J connectivity index is 1.55. The molecule has 1 heterocycles. The van der Waals surface area contributed by atoms with Gasteiger partial charge >= 0.3 is 0 Å². The highest BCUT2D eigenvalue weighted by Crippen LogP contribution is 2.19. The third-order valence-corrected chi connectivity index (χ3v) is 4.39. The van der Waals surface area contributed by atoms with Crippen LogP contribution < -0.4 is 10.1 Å². The molecule has 1 amide bonds. The normalized spacial score (nSPS) is 11.8. The van der Waals surface area contributed by atoms with Crippen LogP contribution in [0.4, 0.5) is 0 Å². The number of imidazole rings is 1. The Labute approximate surface area is 153 Å². The van der Waals surface area contributed by atoms with Crippen molar-refractivity contribution in [3.8, 4) is 11.4 Å².